The van der Waals surface area contributed by atoms with Crippen molar-refractivity contribution in [2.24, 2.45) is 0 Å². The van der Waals surface area contributed by atoms with Crippen LogP contribution in [0.5, 0.6) is 0 Å². The van der Waals surface area contributed by atoms with Gasteiger partial charge in [0.15, 0.2) is 0 Å². The summed E-state index contributed by atoms with van der Waals surface area (Å²) >= 11 is 0. The molecule has 2 aromatic carbocycles. The molecule has 0 bridgehead atoms. The molecule has 1 atom stereocenters. The van der Waals surface area contributed by atoms with Gasteiger partial charge in [-0.15, -0.1) is 0 Å². The van der Waals surface area contributed by atoms with Gasteiger partial charge in [0.25, 0.3) is 0 Å². The summed E-state index contributed by atoms with van der Waals surface area (Å²) in [6.45, 7) is 4.68. The molecule has 4 rings (SSSR count). The van der Waals surface area contributed by atoms with E-state index in [1.807, 2.05) is 36.2 Å². The Morgan fingerprint density at radius 3 is 2.48 bits per heavy atom. The third-order valence-corrected chi connectivity index (χ3v) is 5.27. The molecule has 5 nitrogen and oxygen atoms in total. The lowest BCUT2D eigenvalue weighted by Crippen LogP contribution is -2.49. The van der Waals surface area contributed by atoms with Crippen LogP contribution in [0.25, 0.3) is 10.9 Å². The molecule has 1 saturated heterocycles. The van der Waals surface area contributed by atoms with Gasteiger partial charge in [-0.3, -0.25) is 9.69 Å². The molecule has 27 heavy (non-hydrogen) atoms. The van der Waals surface area contributed by atoms with Gasteiger partial charge in [0.05, 0.1) is 0 Å². The lowest BCUT2D eigenvalue weighted by molar-refractivity contribution is -0.143. The Hall–Kier alpha value is -2.86. The van der Waals surface area contributed by atoms with Gasteiger partial charge in [-0.2, -0.15) is 0 Å². The van der Waals surface area contributed by atoms with Crippen molar-refractivity contribution in [2.45, 2.75) is 13.0 Å². The van der Waals surface area contributed by atoms with Gasteiger partial charge in [-0.25, -0.2) is 4.39 Å². The molecule has 1 aliphatic heterocycles. The molecule has 3 aromatic rings. The fourth-order valence-corrected chi connectivity index (χ4v) is 3.86. The van der Waals surface area contributed by atoms with E-state index in [-0.39, 0.29) is 5.82 Å². The number of hydrogen-bond acceptors (Lipinski definition) is 3. The molecule has 0 amide bonds. The summed E-state index contributed by atoms with van der Waals surface area (Å²) in [7, 11) is 0. The second kappa shape index (κ2) is 7.04. The van der Waals surface area contributed by atoms with E-state index in [1.165, 1.54) is 12.1 Å². The maximum atomic E-state index is 13.1. The minimum absolute atomic E-state index is 0.252. The van der Waals surface area contributed by atoms with Gasteiger partial charge in [0.2, 0.25) is 0 Å². The van der Waals surface area contributed by atoms with Crippen LogP contribution in [-0.4, -0.2) is 47.1 Å². The molecule has 1 aromatic heterocycles. The normalized spacial score (nSPS) is 16.6. The quantitative estimate of drug-likeness (QED) is 0.740. The molecule has 0 spiro atoms. The Morgan fingerprint density at radius 2 is 1.81 bits per heavy atom. The number of aromatic amines is 1. The van der Waals surface area contributed by atoms with Gasteiger partial charge < -0.3 is 15.0 Å². The first-order valence-corrected chi connectivity index (χ1v) is 9.08. The average molecular weight is 367 g/mol. The van der Waals surface area contributed by atoms with Crippen molar-refractivity contribution >= 4 is 22.6 Å². The van der Waals surface area contributed by atoms with Crippen molar-refractivity contribution in [3.63, 3.8) is 0 Å². The van der Waals surface area contributed by atoms with E-state index < -0.39 is 12.0 Å². The summed E-state index contributed by atoms with van der Waals surface area (Å²) in [4.78, 5) is 19.5. The van der Waals surface area contributed by atoms with Crippen LogP contribution in [0.4, 0.5) is 10.1 Å². The topological polar surface area (TPSA) is 59.6 Å². The fraction of sp³-hybridized carbons (Fsp3) is 0.286. The number of halogens is 1. The number of carbonyl (C=O) groups is 1. The second-order valence-electron chi connectivity index (χ2n) is 7.03. The number of carboxylic acids is 1. The van der Waals surface area contributed by atoms with E-state index in [0.717, 1.165) is 27.7 Å². The van der Waals surface area contributed by atoms with Gasteiger partial charge in [-0.1, -0.05) is 11.6 Å². The first-order chi connectivity index (χ1) is 13.0. The average Bonchev–Trinajstić information content (AvgIpc) is 3.06. The summed E-state index contributed by atoms with van der Waals surface area (Å²) in [5.41, 5.74) is 3.82. The number of aryl methyl sites for hydroxylation is 1. The maximum absolute atomic E-state index is 13.1. The number of H-pyrrole nitrogens is 1. The Bertz CT molecular complexity index is 959. The predicted octanol–water partition coefficient (Wildman–Crippen LogP) is 3.56. The molecule has 0 saturated carbocycles. The number of anilines is 1. The van der Waals surface area contributed by atoms with Crippen molar-refractivity contribution in [1.82, 2.24) is 9.88 Å². The summed E-state index contributed by atoms with van der Waals surface area (Å²) in [5, 5.41) is 10.9. The number of nitrogens with zero attached hydrogens (tertiary/aromatic N) is 2. The van der Waals surface area contributed by atoms with Crippen molar-refractivity contribution in [2.75, 3.05) is 31.1 Å². The van der Waals surface area contributed by atoms with E-state index in [2.05, 4.69) is 9.88 Å². The van der Waals surface area contributed by atoms with Gasteiger partial charge in [-0.05, 0) is 43.3 Å². The Balaban J connectivity index is 1.56. The molecule has 0 aliphatic carbocycles. The van der Waals surface area contributed by atoms with Crippen LogP contribution in [0.15, 0.2) is 48.7 Å². The smallest absolute Gasteiger partial charge is 0.325 e. The highest BCUT2D eigenvalue weighted by molar-refractivity contribution is 5.89. The van der Waals surface area contributed by atoms with Crippen LogP contribution in [0.3, 0.4) is 0 Å². The highest BCUT2D eigenvalue weighted by Crippen LogP contribution is 2.30. The number of carboxylic acid groups (broad SMARTS) is 1. The van der Waals surface area contributed by atoms with Gasteiger partial charge in [0, 0.05) is 54.5 Å². The van der Waals surface area contributed by atoms with Crippen molar-refractivity contribution in [1.29, 1.82) is 0 Å². The zero-order valence-electron chi connectivity index (χ0n) is 15.2. The predicted molar refractivity (Wildman–Crippen MR) is 104 cm³/mol. The second-order valence-corrected chi connectivity index (χ2v) is 7.03. The maximum Gasteiger partial charge on any atom is 0.325 e. The van der Waals surface area contributed by atoms with Gasteiger partial charge >= 0.3 is 5.97 Å². The lowest BCUT2D eigenvalue weighted by Gasteiger charge is -2.38. The molecule has 6 heteroatoms. The third kappa shape index (κ3) is 3.40. The van der Waals surface area contributed by atoms with Gasteiger partial charge in [0.1, 0.15) is 11.9 Å². The number of rotatable bonds is 4. The molecule has 2 N–H and O–H groups in total. The standard InChI is InChI=1S/C21H22FN3O2/c1-14-2-7-19-17(12-14)18(13-23-19)20(21(26)27)25-10-8-24(9-11-25)16-5-3-15(22)4-6-16/h2-7,12-13,20,23H,8-11H2,1H3,(H,26,27)/t20-/m0/s1. The number of piperazine rings is 1. The number of nitrogens with one attached hydrogen (secondary N) is 1. The lowest BCUT2D eigenvalue weighted by atomic mass is 10.0. The van der Waals surface area contributed by atoms with Crippen molar-refractivity contribution in [3.8, 4) is 0 Å². The zero-order valence-corrected chi connectivity index (χ0v) is 15.2. The zero-order chi connectivity index (χ0) is 19.0. The molecule has 0 radical (unpaired) electrons. The highest BCUT2D eigenvalue weighted by Gasteiger charge is 2.32. The largest absolute Gasteiger partial charge is 0.480 e. The number of hydrogen-bond donors (Lipinski definition) is 2. The Morgan fingerprint density at radius 1 is 1.11 bits per heavy atom. The highest BCUT2D eigenvalue weighted by atomic mass is 19.1. The Labute approximate surface area is 157 Å². The van der Waals surface area contributed by atoms with E-state index >= 15 is 0 Å². The van der Waals surface area contributed by atoms with E-state index in [4.69, 9.17) is 0 Å². The monoisotopic (exact) mass is 367 g/mol. The van der Waals surface area contributed by atoms with Crippen LogP contribution in [0.1, 0.15) is 17.2 Å². The minimum atomic E-state index is -0.840. The summed E-state index contributed by atoms with van der Waals surface area (Å²) < 4.78 is 13.1. The van der Waals surface area contributed by atoms with E-state index in [9.17, 15) is 14.3 Å². The van der Waals surface area contributed by atoms with Crippen LogP contribution in [0, 0.1) is 12.7 Å². The molecule has 0 unspecified atom stereocenters. The number of benzene rings is 2. The summed E-state index contributed by atoms with van der Waals surface area (Å²) in [6.07, 6.45) is 1.81. The first-order valence-electron chi connectivity index (χ1n) is 9.08. The van der Waals surface area contributed by atoms with Crippen LogP contribution < -0.4 is 4.90 Å². The number of fused-ring (bicyclic) bond motifs is 1. The fourth-order valence-electron chi connectivity index (χ4n) is 3.86. The van der Waals surface area contributed by atoms with E-state index in [0.29, 0.717) is 26.2 Å². The summed E-state index contributed by atoms with van der Waals surface area (Å²) in [6, 6.07) is 11.8. The Kier molecular flexibility index (Phi) is 4.58. The SMILES string of the molecule is Cc1ccc2[nH]cc([C@@H](C(=O)O)N3CCN(c4ccc(F)cc4)CC3)c2c1. The van der Waals surface area contributed by atoms with Crippen molar-refractivity contribution < 1.29 is 14.3 Å². The molecule has 1 fully saturated rings. The molecular weight excluding hydrogens is 345 g/mol. The molecule has 2 heterocycles. The molecular formula is C21H22FN3O2. The van der Waals surface area contributed by atoms with E-state index in [1.54, 1.807) is 12.1 Å². The molecule has 1 aliphatic rings. The number of aliphatic carboxylic acids is 1. The number of aromatic nitrogens is 1. The van der Waals surface area contributed by atoms with Crippen LogP contribution in [0.2, 0.25) is 0 Å². The van der Waals surface area contributed by atoms with Crippen LogP contribution >= 0.6 is 0 Å². The first kappa shape index (κ1) is 17.5. The minimum Gasteiger partial charge on any atom is -0.480 e. The summed E-state index contributed by atoms with van der Waals surface area (Å²) in [5.74, 6) is -1.09. The van der Waals surface area contributed by atoms with Crippen molar-refractivity contribution in [3.05, 3.63) is 65.6 Å². The third-order valence-electron chi connectivity index (χ3n) is 5.27. The van der Waals surface area contributed by atoms with Crippen LogP contribution in [-0.2, 0) is 4.79 Å². The molecule has 140 valence electrons.